The summed E-state index contributed by atoms with van der Waals surface area (Å²) >= 11 is 0. The highest BCUT2D eigenvalue weighted by Gasteiger charge is 2.18. The Kier molecular flexibility index (Phi) is 6.64. The van der Waals surface area contributed by atoms with Gasteiger partial charge in [-0.15, -0.1) is 0 Å². The van der Waals surface area contributed by atoms with Crippen molar-refractivity contribution in [2.45, 2.75) is 19.4 Å². The van der Waals surface area contributed by atoms with E-state index in [9.17, 15) is 5.11 Å². The van der Waals surface area contributed by atoms with E-state index < -0.39 is 6.10 Å². The van der Waals surface area contributed by atoms with Crippen LogP contribution in [0.4, 0.5) is 0 Å². The highest BCUT2D eigenvalue weighted by molar-refractivity contribution is 5.36. The molecule has 0 spiro atoms. The molecule has 0 saturated carbocycles. The molecule has 2 N–H and O–H groups in total. The van der Waals surface area contributed by atoms with Gasteiger partial charge in [0.15, 0.2) is 0 Å². The lowest BCUT2D eigenvalue weighted by atomic mass is 10.0. The molecule has 5 heteroatoms. The van der Waals surface area contributed by atoms with Gasteiger partial charge in [-0.3, -0.25) is 4.90 Å². The predicted molar refractivity (Wildman–Crippen MR) is 87.3 cm³/mol. The van der Waals surface area contributed by atoms with Crippen molar-refractivity contribution in [3.05, 3.63) is 29.3 Å². The molecule has 0 radical (unpaired) electrons. The van der Waals surface area contributed by atoms with Gasteiger partial charge >= 0.3 is 0 Å². The summed E-state index contributed by atoms with van der Waals surface area (Å²) in [4.78, 5) is 4.66. The van der Waals surface area contributed by atoms with E-state index in [4.69, 9.17) is 9.84 Å². The third-order valence-corrected chi connectivity index (χ3v) is 4.44. The van der Waals surface area contributed by atoms with Gasteiger partial charge in [-0.1, -0.05) is 6.07 Å². The zero-order valence-electron chi connectivity index (χ0n) is 13.7. The van der Waals surface area contributed by atoms with E-state index in [2.05, 4.69) is 9.80 Å². The quantitative estimate of drug-likeness (QED) is 0.788. The molecule has 0 bridgehead atoms. The molecule has 1 unspecified atom stereocenters. The minimum absolute atomic E-state index is 0.232. The van der Waals surface area contributed by atoms with Gasteiger partial charge < -0.3 is 19.8 Å². The Hall–Kier alpha value is -1.14. The zero-order chi connectivity index (χ0) is 15.9. The number of hydrogen-bond donors (Lipinski definition) is 2. The van der Waals surface area contributed by atoms with Gasteiger partial charge in [0.25, 0.3) is 0 Å². The van der Waals surface area contributed by atoms with Crippen molar-refractivity contribution in [1.29, 1.82) is 0 Å². The van der Waals surface area contributed by atoms with Gasteiger partial charge in [0.1, 0.15) is 5.75 Å². The SMILES string of the molecule is COc1ccc(C(O)CCN2CCN(CCO)CC2)c(C)c1. The van der Waals surface area contributed by atoms with Crippen molar-refractivity contribution >= 4 is 0 Å². The maximum Gasteiger partial charge on any atom is 0.119 e. The minimum Gasteiger partial charge on any atom is -0.497 e. The van der Waals surface area contributed by atoms with E-state index in [1.54, 1.807) is 7.11 Å². The number of methoxy groups -OCH3 is 1. The van der Waals surface area contributed by atoms with E-state index in [0.717, 1.165) is 62.6 Å². The Morgan fingerprint density at radius 2 is 1.77 bits per heavy atom. The highest BCUT2D eigenvalue weighted by Crippen LogP contribution is 2.24. The number of β-amino-alcohol motifs (C(OH)–C–C–N with tert-alkyl or cyclic N) is 1. The van der Waals surface area contributed by atoms with Crippen LogP contribution in [0.5, 0.6) is 5.75 Å². The van der Waals surface area contributed by atoms with Gasteiger partial charge in [-0.25, -0.2) is 0 Å². The molecule has 1 heterocycles. The Morgan fingerprint density at radius 1 is 1.14 bits per heavy atom. The summed E-state index contributed by atoms with van der Waals surface area (Å²) in [5, 5.41) is 19.4. The Morgan fingerprint density at radius 3 is 2.32 bits per heavy atom. The van der Waals surface area contributed by atoms with Crippen LogP contribution in [0.2, 0.25) is 0 Å². The molecule has 1 aromatic carbocycles. The van der Waals surface area contributed by atoms with Gasteiger partial charge in [-0.2, -0.15) is 0 Å². The lowest BCUT2D eigenvalue weighted by molar-refractivity contribution is 0.0922. The molecule has 0 amide bonds. The van der Waals surface area contributed by atoms with Crippen LogP contribution in [0.25, 0.3) is 0 Å². The van der Waals surface area contributed by atoms with E-state index >= 15 is 0 Å². The normalized spacial score (nSPS) is 18.4. The molecule has 124 valence electrons. The van der Waals surface area contributed by atoms with Crippen molar-refractivity contribution in [1.82, 2.24) is 9.80 Å². The number of ether oxygens (including phenoxy) is 1. The predicted octanol–water partition coefficient (Wildman–Crippen LogP) is 1.04. The van der Waals surface area contributed by atoms with E-state index in [1.165, 1.54) is 0 Å². The van der Waals surface area contributed by atoms with Crippen LogP contribution in [-0.4, -0.2) is 73.0 Å². The second-order valence-corrected chi connectivity index (χ2v) is 5.93. The van der Waals surface area contributed by atoms with E-state index in [1.807, 2.05) is 25.1 Å². The largest absolute Gasteiger partial charge is 0.497 e. The van der Waals surface area contributed by atoms with Crippen molar-refractivity contribution in [3.8, 4) is 5.75 Å². The fourth-order valence-electron chi connectivity index (χ4n) is 2.99. The smallest absolute Gasteiger partial charge is 0.119 e. The maximum absolute atomic E-state index is 10.4. The number of hydrogen-bond acceptors (Lipinski definition) is 5. The topological polar surface area (TPSA) is 56.2 Å². The van der Waals surface area contributed by atoms with Crippen molar-refractivity contribution in [2.75, 3.05) is 53.0 Å². The molecule has 0 aromatic heterocycles. The van der Waals surface area contributed by atoms with Crippen LogP contribution in [-0.2, 0) is 0 Å². The van der Waals surface area contributed by atoms with Gasteiger partial charge in [0.2, 0.25) is 0 Å². The molecule has 1 aliphatic heterocycles. The highest BCUT2D eigenvalue weighted by atomic mass is 16.5. The summed E-state index contributed by atoms with van der Waals surface area (Å²) in [6, 6.07) is 5.82. The summed E-state index contributed by atoms with van der Waals surface area (Å²) < 4.78 is 5.20. The van der Waals surface area contributed by atoms with Gasteiger partial charge in [-0.05, 0) is 36.6 Å². The minimum atomic E-state index is -0.429. The second-order valence-electron chi connectivity index (χ2n) is 5.93. The number of aryl methyl sites for hydroxylation is 1. The molecule has 5 nitrogen and oxygen atoms in total. The fourth-order valence-corrected chi connectivity index (χ4v) is 2.99. The monoisotopic (exact) mass is 308 g/mol. The molecule has 1 aromatic rings. The first-order chi connectivity index (χ1) is 10.6. The van der Waals surface area contributed by atoms with Crippen molar-refractivity contribution in [2.24, 2.45) is 0 Å². The van der Waals surface area contributed by atoms with Crippen LogP contribution < -0.4 is 4.74 Å². The number of nitrogens with zero attached hydrogens (tertiary/aromatic N) is 2. The summed E-state index contributed by atoms with van der Waals surface area (Å²) in [7, 11) is 1.65. The van der Waals surface area contributed by atoms with Gasteiger partial charge in [0, 0.05) is 39.3 Å². The molecule has 1 fully saturated rings. The van der Waals surface area contributed by atoms with Gasteiger partial charge in [0.05, 0.1) is 19.8 Å². The Bertz CT molecular complexity index is 459. The fraction of sp³-hybridized carbons (Fsp3) is 0.647. The zero-order valence-corrected chi connectivity index (χ0v) is 13.7. The standard InChI is InChI=1S/C17H28N2O3/c1-14-13-15(22-2)3-4-16(14)17(21)5-6-18-7-9-19(10-8-18)11-12-20/h3-4,13,17,20-21H,5-12H2,1-2H3. The molecule has 0 aliphatic carbocycles. The number of piperazine rings is 1. The first-order valence-corrected chi connectivity index (χ1v) is 8.02. The van der Waals surface area contributed by atoms with Crippen LogP contribution in [0.3, 0.4) is 0 Å². The average Bonchev–Trinajstić information content (AvgIpc) is 2.54. The maximum atomic E-state index is 10.4. The van der Waals surface area contributed by atoms with Crippen molar-refractivity contribution < 1.29 is 14.9 Å². The average molecular weight is 308 g/mol. The lowest BCUT2D eigenvalue weighted by Gasteiger charge is -2.34. The van der Waals surface area contributed by atoms with Crippen LogP contribution in [0.1, 0.15) is 23.7 Å². The second kappa shape index (κ2) is 8.48. The van der Waals surface area contributed by atoms with E-state index in [-0.39, 0.29) is 6.61 Å². The molecule has 1 saturated heterocycles. The third kappa shape index (κ3) is 4.68. The lowest BCUT2D eigenvalue weighted by Crippen LogP contribution is -2.47. The van der Waals surface area contributed by atoms with Crippen LogP contribution >= 0.6 is 0 Å². The molecule has 1 aliphatic rings. The molecular weight excluding hydrogens is 280 g/mol. The Balaban J connectivity index is 1.79. The molecule has 22 heavy (non-hydrogen) atoms. The summed E-state index contributed by atoms with van der Waals surface area (Å²) in [5.41, 5.74) is 2.05. The molecular formula is C17H28N2O3. The number of aliphatic hydroxyl groups excluding tert-OH is 2. The third-order valence-electron chi connectivity index (χ3n) is 4.44. The molecule has 1 atom stereocenters. The summed E-state index contributed by atoms with van der Waals surface area (Å²) in [5.74, 6) is 0.827. The number of aliphatic hydroxyl groups is 2. The summed E-state index contributed by atoms with van der Waals surface area (Å²) in [6.45, 7) is 7.92. The first kappa shape index (κ1) is 17.2. The number of benzene rings is 1. The number of rotatable bonds is 7. The van der Waals surface area contributed by atoms with Crippen LogP contribution in [0.15, 0.2) is 18.2 Å². The Labute approximate surface area is 133 Å². The molecule has 2 rings (SSSR count). The van der Waals surface area contributed by atoms with E-state index in [0.29, 0.717) is 0 Å². The first-order valence-electron chi connectivity index (χ1n) is 8.02. The van der Waals surface area contributed by atoms with Crippen molar-refractivity contribution in [3.63, 3.8) is 0 Å². The van der Waals surface area contributed by atoms with Crippen LogP contribution in [0, 0.1) is 6.92 Å². The summed E-state index contributed by atoms with van der Waals surface area (Å²) in [6.07, 6.45) is 0.314.